The minimum Gasteiger partial charge on any atom is -0.350 e. The summed E-state index contributed by atoms with van der Waals surface area (Å²) in [7, 11) is 0. The molecule has 0 fully saturated rings. The first-order valence-corrected chi connectivity index (χ1v) is 5.03. The fourth-order valence-corrected chi connectivity index (χ4v) is 1.34. The van der Waals surface area contributed by atoms with Crippen LogP contribution in [0.2, 0.25) is 0 Å². The fourth-order valence-electron chi connectivity index (χ4n) is 0.784. The molecule has 0 spiro atoms. The van der Waals surface area contributed by atoms with E-state index < -0.39 is 0 Å². The second-order valence-electron chi connectivity index (χ2n) is 2.83. The quantitative estimate of drug-likeness (QED) is 0.735. The number of hydrogen-bond acceptors (Lipinski definition) is 4. The molecule has 72 valence electrons. The van der Waals surface area contributed by atoms with E-state index in [0.717, 1.165) is 5.69 Å². The number of nitrogens with one attached hydrogen (secondary N) is 1. The average Bonchev–Trinajstić information content (AvgIpc) is 2.65. The summed E-state index contributed by atoms with van der Waals surface area (Å²) in [6.07, 6.45) is 0. The Balaban J connectivity index is 2.31. The Bertz CT molecular complexity index is 260. The molecular formula is C8H13N3OS. The molecule has 1 unspecified atom stereocenters. The van der Waals surface area contributed by atoms with E-state index in [4.69, 9.17) is 5.73 Å². The molecule has 0 aliphatic heterocycles. The maximum absolute atomic E-state index is 11.3. The molecule has 0 radical (unpaired) electrons. The van der Waals surface area contributed by atoms with Gasteiger partial charge in [-0.25, -0.2) is 4.98 Å². The van der Waals surface area contributed by atoms with E-state index in [-0.39, 0.29) is 11.8 Å². The number of carbonyl (C=O) groups is 1. The number of thiazole rings is 1. The third-order valence-corrected chi connectivity index (χ3v) is 2.36. The Morgan fingerprint density at radius 3 is 3.15 bits per heavy atom. The molecule has 1 atom stereocenters. The predicted octanol–water partition coefficient (Wildman–Crippen LogP) is 0.354. The minimum absolute atomic E-state index is 0.0181. The predicted molar refractivity (Wildman–Crippen MR) is 52.2 cm³/mol. The Labute approximate surface area is 81.2 Å². The molecule has 1 aromatic heterocycles. The molecule has 0 saturated carbocycles. The van der Waals surface area contributed by atoms with E-state index in [1.165, 1.54) is 11.3 Å². The van der Waals surface area contributed by atoms with Gasteiger partial charge in [-0.2, -0.15) is 0 Å². The molecule has 5 heteroatoms. The van der Waals surface area contributed by atoms with Crippen molar-refractivity contribution in [3.8, 4) is 0 Å². The van der Waals surface area contributed by atoms with Gasteiger partial charge in [0.2, 0.25) is 5.91 Å². The van der Waals surface area contributed by atoms with Crippen molar-refractivity contribution < 1.29 is 4.79 Å². The zero-order valence-electron chi connectivity index (χ0n) is 7.49. The van der Waals surface area contributed by atoms with Gasteiger partial charge in [0.25, 0.3) is 0 Å². The fraction of sp³-hybridized carbons (Fsp3) is 0.500. The van der Waals surface area contributed by atoms with Crippen LogP contribution in [0.5, 0.6) is 0 Å². The molecule has 4 nitrogen and oxygen atoms in total. The normalized spacial score (nSPS) is 12.5. The number of carbonyl (C=O) groups excluding carboxylic acids is 1. The van der Waals surface area contributed by atoms with Crippen LogP contribution >= 0.6 is 11.3 Å². The van der Waals surface area contributed by atoms with Crippen LogP contribution < -0.4 is 11.1 Å². The molecule has 3 N–H and O–H groups in total. The smallest absolute Gasteiger partial charge is 0.224 e. The van der Waals surface area contributed by atoms with Crippen LogP contribution in [0.25, 0.3) is 0 Å². The van der Waals surface area contributed by atoms with E-state index in [0.29, 0.717) is 13.1 Å². The summed E-state index contributed by atoms with van der Waals surface area (Å²) in [5, 5.41) is 4.67. The topological polar surface area (TPSA) is 68.0 Å². The van der Waals surface area contributed by atoms with E-state index in [9.17, 15) is 4.79 Å². The molecule has 1 aromatic rings. The zero-order valence-corrected chi connectivity index (χ0v) is 8.30. The van der Waals surface area contributed by atoms with Gasteiger partial charge in [-0.15, -0.1) is 11.3 Å². The van der Waals surface area contributed by atoms with Gasteiger partial charge in [0.1, 0.15) is 0 Å². The van der Waals surface area contributed by atoms with Crippen LogP contribution in [-0.2, 0) is 11.3 Å². The Morgan fingerprint density at radius 1 is 1.85 bits per heavy atom. The van der Waals surface area contributed by atoms with Crippen LogP contribution in [0.4, 0.5) is 0 Å². The van der Waals surface area contributed by atoms with Crippen molar-refractivity contribution in [1.29, 1.82) is 0 Å². The highest BCUT2D eigenvalue weighted by molar-refractivity contribution is 7.07. The SMILES string of the molecule is CC(CN)C(=O)NCc1cscn1. The number of nitrogens with two attached hydrogens (primary N) is 1. The van der Waals surface area contributed by atoms with Gasteiger partial charge >= 0.3 is 0 Å². The van der Waals surface area contributed by atoms with E-state index >= 15 is 0 Å². The number of amides is 1. The molecule has 1 heterocycles. The lowest BCUT2D eigenvalue weighted by Crippen LogP contribution is -2.32. The summed E-state index contributed by atoms with van der Waals surface area (Å²) in [5.74, 6) is -0.144. The van der Waals surface area contributed by atoms with Crippen molar-refractivity contribution >= 4 is 17.2 Å². The average molecular weight is 199 g/mol. The van der Waals surface area contributed by atoms with Crippen LogP contribution in [0, 0.1) is 5.92 Å². The second kappa shape index (κ2) is 4.94. The van der Waals surface area contributed by atoms with Crippen LogP contribution in [0.15, 0.2) is 10.9 Å². The van der Waals surface area contributed by atoms with Crippen LogP contribution in [0.1, 0.15) is 12.6 Å². The molecule has 1 rings (SSSR count). The van der Waals surface area contributed by atoms with Crippen molar-refractivity contribution in [3.05, 3.63) is 16.6 Å². The molecular weight excluding hydrogens is 186 g/mol. The Kier molecular flexibility index (Phi) is 3.85. The van der Waals surface area contributed by atoms with Crippen molar-refractivity contribution in [2.75, 3.05) is 6.54 Å². The summed E-state index contributed by atoms with van der Waals surface area (Å²) in [5.41, 5.74) is 7.98. The third-order valence-electron chi connectivity index (χ3n) is 1.73. The summed E-state index contributed by atoms with van der Waals surface area (Å²) in [4.78, 5) is 15.3. The monoisotopic (exact) mass is 199 g/mol. The van der Waals surface area contributed by atoms with Crippen molar-refractivity contribution in [2.45, 2.75) is 13.5 Å². The maximum Gasteiger partial charge on any atom is 0.224 e. The maximum atomic E-state index is 11.3. The molecule has 0 aliphatic carbocycles. The van der Waals surface area contributed by atoms with Gasteiger partial charge in [0.15, 0.2) is 0 Å². The van der Waals surface area contributed by atoms with Crippen LogP contribution in [-0.4, -0.2) is 17.4 Å². The summed E-state index contributed by atoms with van der Waals surface area (Å²) >= 11 is 1.52. The molecule has 0 aromatic carbocycles. The van der Waals surface area contributed by atoms with E-state index in [1.807, 2.05) is 5.38 Å². The first-order valence-electron chi connectivity index (χ1n) is 4.09. The largest absolute Gasteiger partial charge is 0.350 e. The second-order valence-corrected chi connectivity index (χ2v) is 3.55. The molecule has 0 bridgehead atoms. The molecule has 0 aliphatic rings. The highest BCUT2D eigenvalue weighted by Crippen LogP contribution is 2.00. The first-order chi connectivity index (χ1) is 6.24. The van der Waals surface area contributed by atoms with Crippen molar-refractivity contribution in [3.63, 3.8) is 0 Å². The summed E-state index contributed by atoms with van der Waals surface area (Å²) in [6, 6.07) is 0. The van der Waals surface area contributed by atoms with E-state index in [1.54, 1.807) is 12.4 Å². The Hall–Kier alpha value is -0.940. The summed E-state index contributed by atoms with van der Waals surface area (Å²) in [6.45, 7) is 2.67. The van der Waals surface area contributed by atoms with Gasteiger partial charge in [0, 0.05) is 17.8 Å². The number of nitrogens with zero attached hydrogens (tertiary/aromatic N) is 1. The van der Waals surface area contributed by atoms with Gasteiger partial charge in [-0.3, -0.25) is 4.79 Å². The highest BCUT2D eigenvalue weighted by atomic mass is 32.1. The molecule has 0 saturated heterocycles. The van der Waals surface area contributed by atoms with Gasteiger partial charge < -0.3 is 11.1 Å². The van der Waals surface area contributed by atoms with Crippen LogP contribution in [0.3, 0.4) is 0 Å². The van der Waals surface area contributed by atoms with E-state index in [2.05, 4.69) is 10.3 Å². The number of rotatable bonds is 4. The van der Waals surface area contributed by atoms with Gasteiger partial charge in [-0.05, 0) is 0 Å². The number of hydrogen-bond donors (Lipinski definition) is 2. The number of aromatic nitrogens is 1. The molecule has 13 heavy (non-hydrogen) atoms. The van der Waals surface area contributed by atoms with Gasteiger partial charge in [0.05, 0.1) is 17.7 Å². The lowest BCUT2D eigenvalue weighted by Gasteiger charge is -2.07. The summed E-state index contributed by atoms with van der Waals surface area (Å²) < 4.78 is 0. The van der Waals surface area contributed by atoms with Crippen molar-refractivity contribution in [2.24, 2.45) is 11.7 Å². The highest BCUT2D eigenvalue weighted by Gasteiger charge is 2.09. The minimum atomic E-state index is -0.126. The standard InChI is InChI=1S/C8H13N3OS/c1-6(2-9)8(12)10-3-7-4-13-5-11-7/h4-6H,2-3,9H2,1H3,(H,10,12). The van der Waals surface area contributed by atoms with Crippen molar-refractivity contribution in [1.82, 2.24) is 10.3 Å². The lowest BCUT2D eigenvalue weighted by molar-refractivity contribution is -0.124. The molecule has 1 amide bonds. The third kappa shape index (κ3) is 3.12. The first kappa shape index (κ1) is 10.1. The Morgan fingerprint density at radius 2 is 2.62 bits per heavy atom. The lowest BCUT2D eigenvalue weighted by atomic mass is 10.2. The van der Waals surface area contributed by atoms with Gasteiger partial charge in [-0.1, -0.05) is 6.92 Å². The zero-order chi connectivity index (χ0) is 9.68.